The van der Waals surface area contributed by atoms with Gasteiger partial charge in [0.05, 0.1) is 0 Å². The minimum atomic E-state index is 0.644. The van der Waals surface area contributed by atoms with E-state index >= 15 is 0 Å². The number of piperidine rings is 1. The second-order valence-corrected chi connectivity index (χ2v) is 6.68. The van der Waals surface area contributed by atoms with E-state index in [1.165, 1.54) is 71.0 Å². The topological polar surface area (TPSA) is 27.3 Å². The van der Waals surface area contributed by atoms with Crippen molar-refractivity contribution in [2.75, 3.05) is 26.7 Å². The normalized spacial score (nSPS) is 31.9. The lowest BCUT2D eigenvalue weighted by Crippen LogP contribution is -2.46. The molecule has 3 heteroatoms. The van der Waals surface area contributed by atoms with Crippen LogP contribution in [0.5, 0.6) is 0 Å². The molecule has 3 atom stereocenters. The Bertz CT molecular complexity index is 236. The molecule has 0 aromatic rings. The summed E-state index contributed by atoms with van der Waals surface area (Å²) >= 11 is 0. The Hall–Kier alpha value is -0.120. The third-order valence-electron chi connectivity index (χ3n) is 4.92. The highest BCUT2D eigenvalue weighted by Crippen LogP contribution is 2.15. The Kier molecular flexibility index (Phi) is 6.62. The Balaban J connectivity index is 1.64. The molecule has 2 saturated heterocycles. The lowest BCUT2D eigenvalue weighted by molar-refractivity contribution is 0.177. The molecular weight excluding hydrogens is 234 g/mol. The van der Waals surface area contributed by atoms with Gasteiger partial charge in [0, 0.05) is 24.7 Å². The predicted octanol–water partition coefficient (Wildman–Crippen LogP) is 2.37. The largest absolute Gasteiger partial charge is 0.314 e. The van der Waals surface area contributed by atoms with Crippen LogP contribution < -0.4 is 10.6 Å². The molecule has 3 unspecified atom stereocenters. The average Bonchev–Trinajstić information content (AvgIpc) is 2.66. The summed E-state index contributed by atoms with van der Waals surface area (Å²) in [6.45, 7) is 6.04. The SMILES string of the molecule is CC(CC1CCCCCN1)NCC1CCCCN1C. The molecule has 19 heavy (non-hydrogen) atoms. The summed E-state index contributed by atoms with van der Waals surface area (Å²) in [5.74, 6) is 0. The van der Waals surface area contributed by atoms with E-state index in [1.54, 1.807) is 0 Å². The third kappa shape index (κ3) is 5.41. The molecule has 3 nitrogen and oxygen atoms in total. The number of rotatable bonds is 5. The maximum atomic E-state index is 3.77. The van der Waals surface area contributed by atoms with E-state index < -0.39 is 0 Å². The minimum Gasteiger partial charge on any atom is -0.314 e. The fourth-order valence-corrected chi connectivity index (χ4v) is 3.55. The van der Waals surface area contributed by atoms with Gasteiger partial charge in [-0.3, -0.25) is 0 Å². The second-order valence-electron chi connectivity index (χ2n) is 6.68. The van der Waals surface area contributed by atoms with Crippen LogP contribution in [0.4, 0.5) is 0 Å². The molecule has 2 heterocycles. The van der Waals surface area contributed by atoms with Gasteiger partial charge in [0.25, 0.3) is 0 Å². The molecule has 0 radical (unpaired) electrons. The maximum Gasteiger partial charge on any atom is 0.0217 e. The van der Waals surface area contributed by atoms with E-state index in [4.69, 9.17) is 0 Å². The predicted molar refractivity (Wildman–Crippen MR) is 82.6 cm³/mol. The van der Waals surface area contributed by atoms with Gasteiger partial charge in [0.1, 0.15) is 0 Å². The Morgan fingerprint density at radius 1 is 1.16 bits per heavy atom. The summed E-state index contributed by atoms with van der Waals surface area (Å²) in [7, 11) is 2.28. The Morgan fingerprint density at radius 2 is 2.00 bits per heavy atom. The fraction of sp³-hybridized carbons (Fsp3) is 1.00. The first-order chi connectivity index (χ1) is 9.25. The molecule has 2 aliphatic rings. The lowest BCUT2D eigenvalue weighted by Gasteiger charge is -2.33. The van der Waals surface area contributed by atoms with Gasteiger partial charge in [0.2, 0.25) is 0 Å². The highest BCUT2D eigenvalue weighted by atomic mass is 15.2. The molecule has 0 aromatic heterocycles. The monoisotopic (exact) mass is 267 g/mol. The van der Waals surface area contributed by atoms with E-state index in [9.17, 15) is 0 Å². The number of nitrogens with zero attached hydrogens (tertiary/aromatic N) is 1. The molecule has 2 aliphatic heterocycles. The van der Waals surface area contributed by atoms with Crippen LogP contribution >= 0.6 is 0 Å². The number of likely N-dealkylation sites (tertiary alicyclic amines) is 1. The highest BCUT2D eigenvalue weighted by molar-refractivity contribution is 4.80. The quantitative estimate of drug-likeness (QED) is 0.801. The highest BCUT2D eigenvalue weighted by Gasteiger charge is 2.20. The molecule has 112 valence electrons. The van der Waals surface area contributed by atoms with E-state index in [0.717, 1.165) is 12.1 Å². The third-order valence-corrected chi connectivity index (χ3v) is 4.92. The van der Waals surface area contributed by atoms with Crippen molar-refractivity contribution in [2.24, 2.45) is 0 Å². The van der Waals surface area contributed by atoms with Gasteiger partial charge in [-0.2, -0.15) is 0 Å². The summed E-state index contributed by atoms with van der Waals surface area (Å²) < 4.78 is 0. The van der Waals surface area contributed by atoms with E-state index in [0.29, 0.717) is 6.04 Å². The van der Waals surface area contributed by atoms with Crippen molar-refractivity contribution in [3.63, 3.8) is 0 Å². The van der Waals surface area contributed by atoms with Crippen LogP contribution in [0.2, 0.25) is 0 Å². The minimum absolute atomic E-state index is 0.644. The van der Waals surface area contributed by atoms with Crippen LogP contribution in [-0.4, -0.2) is 49.7 Å². The molecule has 0 saturated carbocycles. The zero-order valence-electron chi connectivity index (χ0n) is 13.0. The van der Waals surface area contributed by atoms with Gasteiger partial charge in [-0.05, 0) is 59.2 Å². The van der Waals surface area contributed by atoms with Crippen molar-refractivity contribution < 1.29 is 0 Å². The van der Waals surface area contributed by atoms with Crippen LogP contribution in [0.3, 0.4) is 0 Å². The second kappa shape index (κ2) is 8.23. The summed E-state index contributed by atoms with van der Waals surface area (Å²) in [5.41, 5.74) is 0. The van der Waals surface area contributed by atoms with Gasteiger partial charge in [-0.1, -0.05) is 19.3 Å². The van der Waals surface area contributed by atoms with Crippen molar-refractivity contribution in [3.8, 4) is 0 Å². The summed E-state index contributed by atoms with van der Waals surface area (Å²) in [5, 5.41) is 7.48. The Labute approximate surface area is 119 Å². The zero-order valence-corrected chi connectivity index (χ0v) is 13.0. The molecule has 0 amide bonds. The summed E-state index contributed by atoms with van der Waals surface area (Å²) in [4.78, 5) is 2.53. The maximum absolute atomic E-state index is 3.77. The van der Waals surface area contributed by atoms with Crippen LogP contribution in [0.1, 0.15) is 58.3 Å². The molecule has 2 rings (SSSR count). The zero-order chi connectivity index (χ0) is 13.5. The smallest absolute Gasteiger partial charge is 0.0217 e. The lowest BCUT2D eigenvalue weighted by atomic mass is 10.0. The number of nitrogens with one attached hydrogen (secondary N) is 2. The standard InChI is InChI=1S/C16H33N3/c1-14(12-15-8-4-3-6-10-17-15)18-13-16-9-5-7-11-19(16)2/h14-18H,3-13H2,1-2H3. The Morgan fingerprint density at radius 3 is 2.84 bits per heavy atom. The van der Waals surface area contributed by atoms with Crippen LogP contribution in [0, 0.1) is 0 Å². The number of hydrogen-bond acceptors (Lipinski definition) is 3. The van der Waals surface area contributed by atoms with Crippen LogP contribution in [0.15, 0.2) is 0 Å². The first-order valence-electron chi connectivity index (χ1n) is 8.42. The van der Waals surface area contributed by atoms with Crippen molar-refractivity contribution in [2.45, 2.75) is 76.4 Å². The molecule has 2 fully saturated rings. The fourth-order valence-electron chi connectivity index (χ4n) is 3.55. The van der Waals surface area contributed by atoms with Crippen LogP contribution in [-0.2, 0) is 0 Å². The van der Waals surface area contributed by atoms with E-state index in [-0.39, 0.29) is 0 Å². The molecule has 0 spiro atoms. The van der Waals surface area contributed by atoms with Crippen molar-refractivity contribution in [1.82, 2.24) is 15.5 Å². The van der Waals surface area contributed by atoms with Gasteiger partial charge in [-0.15, -0.1) is 0 Å². The van der Waals surface area contributed by atoms with Crippen molar-refractivity contribution in [3.05, 3.63) is 0 Å². The van der Waals surface area contributed by atoms with Gasteiger partial charge in [0.15, 0.2) is 0 Å². The molecular formula is C16H33N3. The van der Waals surface area contributed by atoms with Gasteiger partial charge < -0.3 is 15.5 Å². The van der Waals surface area contributed by atoms with Crippen molar-refractivity contribution >= 4 is 0 Å². The molecule has 2 N–H and O–H groups in total. The van der Waals surface area contributed by atoms with E-state index in [1.807, 2.05) is 0 Å². The van der Waals surface area contributed by atoms with E-state index in [2.05, 4.69) is 29.5 Å². The molecule has 0 aliphatic carbocycles. The number of hydrogen-bond donors (Lipinski definition) is 2. The van der Waals surface area contributed by atoms with Gasteiger partial charge >= 0.3 is 0 Å². The molecule has 0 aromatic carbocycles. The summed E-state index contributed by atoms with van der Waals surface area (Å²) in [6.07, 6.45) is 11.0. The van der Waals surface area contributed by atoms with Crippen molar-refractivity contribution in [1.29, 1.82) is 0 Å². The number of likely N-dealkylation sites (N-methyl/N-ethyl adjacent to an activating group) is 1. The van der Waals surface area contributed by atoms with Gasteiger partial charge in [-0.25, -0.2) is 0 Å². The average molecular weight is 267 g/mol. The molecule has 0 bridgehead atoms. The van der Waals surface area contributed by atoms with Crippen LogP contribution in [0.25, 0.3) is 0 Å². The first-order valence-corrected chi connectivity index (χ1v) is 8.42. The summed E-state index contributed by atoms with van der Waals surface area (Å²) in [6, 6.07) is 2.15. The first kappa shape index (κ1) is 15.3.